The molecule has 1 aliphatic rings. The van der Waals surface area contributed by atoms with E-state index in [1.54, 1.807) is 0 Å². The Hall–Kier alpha value is 0.200. The second-order valence-corrected chi connectivity index (χ2v) is 5.61. The molecule has 1 saturated heterocycles. The minimum atomic E-state index is 0. The first kappa shape index (κ1) is 18.2. The molecule has 0 amide bonds. The fraction of sp³-hybridized carbons (Fsp3) is 0.692. The molecule has 0 bridgehead atoms. The van der Waals surface area contributed by atoms with E-state index in [1.807, 2.05) is 11.3 Å². The summed E-state index contributed by atoms with van der Waals surface area (Å²) in [6.07, 6.45) is 1.26. The SMILES string of the molecule is CCC(C)[C@@H](c1cccs1)N1CCNCC1.Cl.Cl. The Kier molecular flexibility index (Phi) is 9.26. The summed E-state index contributed by atoms with van der Waals surface area (Å²) in [5, 5.41) is 5.63. The van der Waals surface area contributed by atoms with Crippen molar-refractivity contribution >= 4 is 36.2 Å². The van der Waals surface area contributed by atoms with Gasteiger partial charge >= 0.3 is 0 Å². The van der Waals surface area contributed by atoms with Gasteiger partial charge in [0, 0.05) is 37.1 Å². The first-order chi connectivity index (χ1) is 7.83. The molecule has 0 saturated carbocycles. The van der Waals surface area contributed by atoms with E-state index in [-0.39, 0.29) is 24.8 Å². The topological polar surface area (TPSA) is 15.3 Å². The quantitative estimate of drug-likeness (QED) is 0.914. The smallest absolute Gasteiger partial charge is 0.0467 e. The summed E-state index contributed by atoms with van der Waals surface area (Å²) in [5.41, 5.74) is 0. The third kappa shape index (κ3) is 4.39. The number of hydrogen-bond donors (Lipinski definition) is 1. The summed E-state index contributed by atoms with van der Waals surface area (Å²) in [6.45, 7) is 9.33. The van der Waals surface area contributed by atoms with Gasteiger partial charge < -0.3 is 5.32 Å². The van der Waals surface area contributed by atoms with E-state index in [2.05, 4.69) is 41.6 Å². The molecule has 18 heavy (non-hydrogen) atoms. The van der Waals surface area contributed by atoms with Crippen LogP contribution in [0.1, 0.15) is 31.2 Å². The van der Waals surface area contributed by atoms with E-state index in [4.69, 9.17) is 0 Å². The molecule has 1 aromatic rings. The monoisotopic (exact) mass is 310 g/mol. The molecule has 1 aromatic heterocycles. The maximum Gasteiger partial charge on any atom is 0.0467 e. The maximum atomic E-state index is 3.43. The van der Waals surface area contributed by atoms with Gasteiger partial charge in [0.2, 0.25) is 0 Å². The van der Waals surface area contributed by atoms with Gasteiger partial charge in [0.15, 0.2) is 0 Å². The van der Waals surface area contributed by atoms with E-state index in [0.717, 1.165) is 19.0 Å². The molecular weight excluding hydrogens is 287 g/mol. The molecule has 1 unspecified atom stereocenters. The number of rotatable bonds is 4. The van der Waals surface area contributed by atoms with Crippen LogP contribution in [-0.2, 0) is 0 Å². The number of halogens is 2. The highest BCUT2D eigenvalue weighted by Gasteiger charge is 2.26. The van der Waals surface area contributed by atoms with Gasteiger partial charge in [-0.05, 0) is 17.4 Å². The Bertz CT molecular complexity index is 300. The molecule has 0 spiro atoms. The van der Waals surface area contributed by atoms with Gasteiger partial charge in [-0.3, -0.25) is 4.90 Å². The fourth-order valence-electron chi connectivity index (χ4n) is 2.46. The molecule has 0 aromatic carbocycles. The number of nitrogens with zero attached hydrogens (tertiary/aromatic N) is 1. The van der Waals surface area contributed by atoms with Gasteiger partial charge in [-0.2, -0.15) is 0 Å². The second kappa shape index (κ2) is 9.16. The molecule has 5 heteroatoms. The number of nitrogens with one attached hydrogen (secondary N) is 1. The van der Waals surface area contributed by atoms with Gasteiger partial charge in [0.25, 0.3) is 0 Å². The molecular formula is C13H24Cl2N2S. The Labute approximate surface area is 127 Å². The van der Waals surface area contributed by atoms with Gasteiger partial charge in [-0.25, -0.2) is 0 Å². The van der Waals surface area contributed by atoms with Crippen LogP contribution in [0, 0.1) is 5.92 Å². The van der Waals surface area contributed by atoms with E-state index < -0.39 is 0 Å². The molecule has 0 radical (unpaired) electrons. The molecule has 2 rings (SSSR count). The highest BCUT2D eigenvalue weighted by molar-refractivity contribution is 7.10. The van der Waals surface area contributed by atoms with E-state index >= 15 is 0 Å². The van der Waals surface area contributed by atoms with E-state index in [9.17, 15) is 0 Å². The van der Waals surface area contributed by atoms with Crippen molar-refractivity contribution in [2.45, 2.75) is 26.3 Å². The van der Waals surface area contributed by atoms with Crippen molar-refractivity contribution in [3.05, 3.63) is 22.4 Å². The third-order valence-corrected chi connectivity index (χ3v) is 4.51. The lowest BCUT2D eigenvalue weighted by atomic mass is 9.95. The standard InChI is InChI=1S/C13H22N2S.2ClH/c1-3-11(2)13(12-5-4-10-16-12)15-8-6-14-7-9-15;;/h4-5,10-11,13-14H,3,6-9H2,1-2H3;2*1H/t11?,13-;;/m0../s1. The maximum absolute atomic E-state index is 3.43. The molecule has 2 nitrogen and oxygen atoms in total. The van der Waals surface area contributed by atoms with Crippen molar-refractivity contribution in [1.29, 1.82) is 0 Å². The van der Waals surface area contributed by atoms with Crippen LogP contribution in [0.2, 0.25) is 0 Å². The van der Waals surface area contributed by atoms with Crippen molar-refractivity contribution in [1.82, 2.24) is 10.2 Å². The van der Waals surface area contributed by atoms with Crippen LogP contribution < -0.4 is 5.32 Å². The van der Waals surface area contributed by atoms with Crippen LogP contribution in [0.25, 0.3) is 0 Å². The van der Waals surface area contributed by atoms with Crippen LogP contribution >= 0.6 is 36.2 Å². The molecule has 2 atom stereocenters. The normalized spacial score (nSPS) is 19.4. The average Bonchev–Trinajstić information content (AvgIpc) is 2.84. The molecule has 1 N–H and O–H groups in total. The predicted molar refractivity (Wildman–Crippen MR) is 85.5 cm³/mol. The fourth-order valence-corrected chi connectivity index (χ4v) is 3.46. The highest BCUT2D eigenvalue weighted by atomic mass is 35.5. The molecule has 106 valence electrons. The average molecular weight is 311 g/mol. The molecule has 0 aliphatic carbocycles. The van der Waals surface area contributed by atoms with Crippen LogP contribution in [0.15, 0.2) is 17.5 Å². The van der Waals surface area contributed by atoms with Gasteiger partial charge in [0.1, 0.15) is 0 Å². The Morgan fingerprint density at radius 2 is 2.00 bits per heavy atom. The zero-order chi connectivity index (χ0) is 11.4. The summed E-state index contributed by atoms with van der Waals surface area (Å²) in [6, 6.07) is 5.10. The summed E-state index contributed by atoms with van der Waals surface area (Å²) in [7, 11) is 0. The zero-order valence-corrected chi connectivity index (χ0v) is 13.5. The minimum Gasteiger partial charge on any atom is -0.314 e. The summed E-state index contributed by atoms with van der Waals surface area (Å²) in [5.74, 6) is 0.747. The molecule has 2 heterocycles. The lowest BCUT2D eigenvalue weighted by Gasteiger charge is -2.37. The first-order valence-electron chi connectivity index (χ1n) is 6.31. The molecule has 1 fully saturated rings. The largest absolute Gasteiger partial charge is 0.314 e. The third-order valence-electron chi connectivity index (χ3n) is 3.56. The van der Waals surface area contributed by atoms with Crippen molar-refractivity contribution in [3.8, 4) is 0 Å². The van der Waals surface area contributed by atoms with Crippen molar-refractivity contribution in [3.63, 3.8) is 0 Å². The predicted octanol–water partition coefficient (Wildman–Crippen LogP) is 3.58. The van der Waals surface area contributed by atoms with Gasteiger partial charge in [-0.15, -0.1) is 36.2 Å². The van der Waals surface area contributed by atoms with Gasteiger partial charge in [-0.1, -0.05) is 26.3 Å². The first-order valence-corrected chi connectivity index (χ1v) is 7.19. The minimum absolute atomic E-state index is 0. The van der Waals surface area contributed by atoms with Crippen LogP contribution in [-0.4, -0.2) is 31.1 Å². The van der Waals surface area contributed by atoms with Crippen molar-refractivity contribution in [2.24, 2.45) is 5.92 Å². The summed E-state index contributed by atoms with van der Waals surface area (Å²) < 4.78 is 0. The van der Waals surface area contributed by atoms with Crippen LogP contribution in [0.3, 0.4) is 0 Å². The Morgan fingerprint density at radius 1 is 1.33 bits per heavy atom. The lowest BCUT2D eigenvalue weighted by molar-refractivity contribution is 0.131. The lowest BCUT2D eigenvalue weighted by Crippen LogP contribution is -2.46. The van der Waals surface area contributed by atoms with Crippen LogP contribution in [0.4, 0.5) is 0 Å². The second-order valence-electron chi connectivity index (χ2n) is 4.63. The zero-order valence-electron chi connectivity index (χ0n) is 11.1. The van der Waals surface area contributed by atoms with E-state index in [0.29, 0.717) is 6.04 Å². The van der Waals surface area contributed by atoms with Gasteiger partial charge in [0.05, 0.1) is 0 Å². The van der Waals surface area contributed by atoms with Crippen molar-refractivity contribution in [2.75, 3.05) is 26.2 Å². The number of thiophene rings is 1. The highest BCUT2D eigenvalue weighted by Crippen LogP contribution is 2.33. The van der Waals surface area contributed by atoms with Crippen molar-refractivity contribution < 1.29 is 0 Å². The summed E-state index contributed by atoms with van der Waals surface area (Å²) >= 11 is 1.91. The van der Waals surface area contributed by atoms with Crippen LogP contribution in [0.5, 0.6) is 0 Å². The number of hydrogen-bond acceptors (Lipinski definition) is 3. The Morgan fingerprint density at radius 3 is 2.50 bits per heavy atom. The number of piperazine rings is 1. The summed E-state index contributed by atoms with van der Waals surface area (Å²) in [4.78, 5) is 4.19. The molecule has 1 aliphatic heterocycles. The Balaban J connectivity index is 0.00000144. The van der Waals surface area contributed by atoms with E-state index in [1.165, 1.54) is 24.4 Å².